The molecule has 142 valence electrons. The summed E-state index contributed by atoms with van der Waals surface area (Å²) in [7, 11) is 0. The summed E-state index contributed by atoms with van der Waals surface area (Å²) >= 11 is 5.62. The molecule has 2 heterocycles. The first-order valence-electron chi connectivity index (χ1n) is 7.83. The molecular formula is C16H16FN5OS4. The quantitative estimate of drug-likeness (QED) is 0.422. The number of nitrogens with zero attached hydrogens (tertiary/aromatic N) is 4. The number of hydrogen-bond acceptors (Lipinski definition) is 9. The standard InChI is InChI=1S/C16H16FN5OS4/c1-9-19-22-15(25-9)27-16(2,3)12(23)18-13-20-21-14(26-13)24-8-10-4-6-11(17)7-5-10/h4-7H,8H2,1-3H3,(H,18,20,23). The number of thioether (sulfide) groups is 2. The van der Waals surface area contributed by atoms with Gasteiger partial charge in [0.05, 0.1) is 4.75 Å². The number of carbonyl (C=O) groups is 1. The molecule has 0 bridgehead atoms. The normalized spacial score (nSPS) is 11.6. The number of aromatic nitrogens is 4. The molecule has 3 aromatic rings. The molecule has 0 atom stereocenters. The van der Waals surface area contributed by atoms with Crippen LogP contribution >= 0.6 is 46.2 Å². The van der Waals surface area contributed by atoms with Crippen LogP contribution in [0.25, 0.3) is 0 Å². The van der Waals surface area contributed by atoms with Crippen LogP contribution in [0.15, 0.2) is 32.9 Å². The SMILES string of the molecule is Cc1nnc(SC(C)(C)C(=O)Nc2nnc(SCc3ccc(F)cc3)s2)s1. The monoisotopic (exact) mass is 441 g/mol. The molecule has 1 N–H and O–H groups in total. The molecule has 1 amide bonds. The number of rotatable bonds is 7. The minimum absolute atomic E-state index is 0.174. The summed E-state index contributed by atoms with van der Waals surface area (Å²) in [6.45, 7) is 5.53. The Hall–Kier alpha value is -1.56. The number of aryl methyl sites for hydroxylation is 1. The summed E-state index contributed by atoms with van der Waals surface area (Å²) in [5.41, 5.74) is 0.993. The fourth-order valence-electron chi connectivity index (χ4n) is 1.88. The van der Waals surface area contributed by atoms with Gasteiger partial charge in [0, 0.05) is 5.75 Å². The highest BCUT2D eigenvalue weighted by molar-refractivity contribution is 8.03. The van der Waals surface area contributed by atoms with E-state index < -0.39 is 4.75 Å². The highest BCUT2D eigenvalue weighted by Crippen LogP contribution is 2.36. The Bertz CT molecular complexity index is 925. The van der Waals surface area contributed by atoms with Gasteiger partial charge in [0.25, 0.3) is 0 Å². The van der Waals surface area contributed by atoms with Crippen LogP contribution in [0.4, 0.5) is 9.52 Å². The van der Waals surface area contributed by atoms with Crippen LogP contribution in [0.3, 0.4) is 0 Å². The molecule has 0 aliphatic heterocycles. The van der Waals surface area contributed by atoms with Crippen molar-refractivity contribution in [3.05, 3.63) is 40.7 Å². The van der Waals surface area contributed by atoms with Crippen molar-refractivity contribution in [2.45, 2.75) is 40.0 Å². The second-order valence-corrected chi connectivity index (χ2v) is 11.2. The highest BCUT2D eigenvalue weighted by atomic mass is 32.2. The van der Waals surface area contributed by atoms with Crippen LogP contribution in [0.2, 0.25) is 0 Å². The maximum Gasteiger partial charge on any atom is 0.242 e. The van der Waals surface area contributed by atoms with E-state index in [9.17, 15) is 9.18 Å². The molecule has 2 aromatic heterocycles. The van der Waals surface area contributed by atoms with E-state index in [-0.39, 0.29) is 11.7 Å². The third-order valence-electron chi connectivity index (χ3n) is 3.30. The number of hydrogen-bond donors (Lipinski definition) is 1. The van der Waals surface area contributed by atoms with Crippen LogP contribution in [0.5, 0.6) is 0 Å². The predicted molar refractivity (Wildman–Crippen MR) is 109 cm³/mol. The van der Waals surface area contributed by atoms with Gasteiger partial charge in [0.2, 0.25) is 11.0 Å². The number of anilines is 1. The summed E-state index contributed by atoms with van der Waals surface area (Å²) in [5.74, 6) is 0.223. The topological polar surface area (TPSA) is 80.7 Å². The van der Waals surface area contributed by atoms with E-state index in [1.807, 2.05) is 20.8 Å². The van der Waals surface area contributed by atoms with E-state index in [1.54, 1.807) is 12.1 Å². The Morgan fingerprint density at radius 1 is 1.11 bits per heavy atom. The lowest BCUT2D eigenvalue weighted by molar-refractivity contribution is -0.117. The first-order valence-corrected chi connectivity index (χ1v) is 11.3. The zero-order valence-corrected chi connectivity index (χ0v) is 18.0. The Morgan fingerprint density at radius 2 is 1.81 bits per heavy atom. The van der Waals surface area contributed by atoms with Crippen LogP contribution in [-0.2, 0) is 10.5 Å². The van der Waals surface area contributed by atoms with Gasteiger partial charge in [-0.15, -0.1) is 20.4 Å². The predicted octanol–water partition coefficient (Wildman–Crippen LogP) is 4.64. The molecule has 1 aromatic carbocycles. The van der Waals surface area contributed by atoms with Gasteiger partial charge in [-0.05, 0) is 38.5 Å². The van der Waals surface area contributed by atoms with Crippen LogP contribution in [0, 0.1) is 12.7 Å². The average molecular weight is 442 g/mol. The Labute approximate surface area is 172 Å². The van der Waals surface area contributed by atoms with Gasteiger partial charge in [0.15, 0.2) is 8.68 Å². The van der Waals surface area contributed by atoms with Crippen molar-refractivity contribution in [3.63, 3.8) is 0 Å². The van der Waals surface area contributed by atoms with Gasteiger partial charge < -0.3 is 0 Å². The second-order valence-electron chi connectivity index (χ2n) is 5.94. The zero-order valence-electron chi connectivity index (χ0n) is 14.7. The lowest BCUT2D eigenvalue weighted by Crippen LogP contribution is -2.33. The number of halogens is 1. The lowest BCUT2D eigenvalue weighted by Gasteiger charge is -2.20. The van der Waals surface area contributed by atoms with Crippen molar-refractivity contribution in [1.29, 1.82) is 0 Å². The molecule has 0 saturated carbocycles. The fraction of sp³-hybridized carbons (Fsp3) is 0.312. The van der Waals surface area contributed by atoms with Crippen molar-refractivity contribution in [2.75, 3.05) is 5.32 Å². The van der Waals surface area contributed by atoms with Gasteiger partial charge in [-0.3, -0.25) is 10.1 Å². The van der Waals surface area contributed by atoms with Gasteiger partial charge in [0.1, 0.15) is 10.8 Å². The smallest absolute Gasteiger partial charge is 0.242 e. The van der Waals surface area contributed by atoms with Crippen LogP contribution in [-0.4, -0.2) is 31.0 Å². The molecule has 11 heteroatoms. The largest absolute Gasteiger partial charge is 0.299 e. The maximum atomic E-state index is 12.9. The lowest BCUT2D eigenvalue weighted by atomic mass is 10.2. The Morgan fingerprint density at radius 3 is 2.48 bits per heavy atom. The number of benzene rings is 1. The number of nitrogens with one attached hydrogen (secondary N) is 1. The molecule has 0 unspecified atom stereocenters. The molecule has 6 nitrogen and oxygen atoms in total. The summed E-state index contributed by atoms with van der Waals surface area (Å²) < 4.78 is 13.7. The van der Waals surface area contributed by atoms with E-state index in [1.165, 1.54) is 58.3 Å². The van der Waals surface area contributed by atoms with Crippen molar-refractivity contribution in [3.8, 4) is 0 Å². The molecular weight excluding hydrogens is 425 g/mol. The molecule has 0 aliphatic rings. The number of amides is 1. The molecule has 0 radical (unpaired) electrons. The second kappa shape index (κ2) is 8.63. The Kier molecular flexibility index (Phi) is 6.45. The fourth-order valence-corrected chi connectivity index (χ4v) is 5.81. The third kappa shape index (κ3) is 5.71. The van der Waals surface area contributed by atoms with Crippen LogP contribution < -0.4 is 5.32 Å². The maximum absolute atomic E-state index is 12.9. The van der Waals surface area contributed by atoms with Gasteiger partial charge in [-0.2, -0.15) is 0 Å². The number of carbonyl (C=O) groups excluding carboxylic acids is 1. The summed E-state index contributed by atoms with van der Waals surface area (Å²) in [6, 6.07) is 6.34. The first-order chi connectivity index (χ1) is 12.8. The van der Waals surface area contributed by atoms with Gasteiger partial charge in [-0.25, -0.2) is 4.39 Å². The Balaban J connectivity index is 1.56. The zero-order chi connectivity index (χ0) is 19.4. The van der Waals surface area contributed by atoms with Gasteiger partial charge in [-0.1, -0.05) is 58.3 Å². The molecule has 27 heavy (non-hydrogen) atoms. The third-order valence-corrected chi connectivity index (χ3v) is 7.43. The first kappa shape index (κ1) is 20.2. The van der Waals surface area contributed by atoms with Crippen LogP contribution in [0.1, 0.15) is 24.4 Å². The van der Waals surface area contributed by atoms with Gasteiger partial charge >= 0.3 is 0 Å². The van der Waals surface area contributed by atoms with E-state index in [0.29, 0.717) is 10.9 Å². The summed E-state index contributed by atoms with van der Waals surface area (Å²) in [6.07, 6.45) is 0. The highest BCUT2D eigenvalue weighted by Gasteiger charge is 2.31. The summed E-state index contributed by atoms with van der Waals surface area (Å²) in [4.78, 5) is 12.6. The average Bonchev–Trinajstić information content (AvgIpc) is 3.23. The van der Waals surface area contributed by atoms with Crippen molar-refractivity contribution in [1.82, 2.24) is 20.4 Å². The van der Waals surface area contributed by atoms with Crippen molar-refractivity contribution >= 4 is 57.2 Å². The molecule has 0 spiro atoms. The minimum atomic E-state index is -0.723. The van der Waals surface area contributed by atoms with E-state index in [4.69, 9.17) is 0 Å². The molecule has 0 fully saturated rings. The molecule has 0 aliphatic carbocycles. The summed E-state index contributed by atoms with van der Waals surface area (Å²) in [5, 5.41) is 20.3. The van der Waals surface area contributed by atoms with E-state index in [2.05, 4.69) is 25.7 Å². The molecule has 3 rings (SSSR count). The van der Waals surface area contributed by atoms with Crippen molar-refractivity contribution < 1.29 is 9.18 Å². The minimum Gasteiger partial charge on any atom is -0.299 e. The molecule has 0 saturated heterocycles. The van der Waals surface area contributed by atoms with Crippen molar-refractivity contribution in [2.24, 2.45) is 0 Å². The van der Waals surface area contributed by atoms with E-state index >= 15 is 0 Å². The van der Waals surface area contributed by atoms with E-state index in [0.717, 1.165) is 19.3 Å².